The summed E-state index contributed by atoms with van der Waals surface area (Å²) in [6, 6.07) is 15.0. The smallest absolute Gasteiger partial charge is 0.241 e. The molecule has 2 N–H and O–H groups in total. The number of amides is 1. The van der Waals surface area contributed by atoms with Gasteiger partial charge in [0.1, 0.15) is 0 Å². The van der Waals surface area contributed by atoms with E-state index in [0.717, 1.165) is 11.3 Å². The summed E-state index contributed by atoms with van der Waals surface area (Å²) in [5.41, 5.74) is 3.07. The van der Waals surface area contributed by atoms with E-state index >= 15 is 0 Å². The van der Waals surface area contributed by atoms with E-state index in [4.69, 9.17) is 11.6 Å². The topological polar surface area (TPSA) is 41.1 Å². The van der Waals surface area contributed by atoms with Gasteiger partial charge in [-0.25, -0.2) is 0 Å². The van der Waals surface area contributed by atoms with Crippen LogP contribution >= 0.6 is 11.6 Å². The second kappa shape index (κ2) is 7.25. The van der Waals surface area contributed by atoms with Gasteiger partial charge in [-0.2, -0.15) is 0 Å². The lowest BCUT2D eigenvalue weighted by Crippen LogP contribution is -2.37. The zero-order valence-corrected chi connectivity index (χ0v) is 12.9. The molecule has 110 valence electrons. The Labute approximate surface area is 130 Å². The number of hydrogen-bond acceptors (Lipinski definition) is 2. The number of aryl methyl sites for hydroxylation is 1. The van der Waals surface area contributed by atoms with Crippen molar-refractivity contribution in [1.82, 2.24) is 5.32 Å². The molecule has 0 saturated carbocycles. The molecule has 0 aliphatic rings. The monoisotopic (exact) mass is 302 g/mol. The van der Waals surface area contributed by atoms with Crippen LogP contribution in [0.1, 0.15) is 18.1 Å². The Kier molecular flexibility index (Phi) is 5.37. The van der Waals surface area contributed by atoms with Gasteiger partial charge in [0.05, 0.1) is 6.04 Å². The Bertz CT molecular complexity index is 593. The van der Waals surface area contributed by atoms with E-state index < -0.39 is 0 Å². The summed E-state index contributed by atoms with van der Waals surface area (Å²) in [5, 5.41) is 6.80. The Hall–Kier alpha value is -1.84. The van der Waals surface area contributed by atoms with Crippen LogP contribution in [0.15, 0.2) is 48.5 Å². The number of carbonyl (C=O) groups excluding carboxylic acids is 1. The maximum absolute atomic E-state index is 12.1. The predicted molar refractivity (Wildman–Crippen MR) is 87.6 cm³/mol. The highest BCUT2D eigenvalue weighted by molar-refractivity contribution is 6.30. The van der Waals surface area contributed by atoms with Gasteiger partial charge in [0.2, 0.25) is 5.91 Å². The first-order chi connectivity index (χ1) is 10.0. The van der Waals surface area contributed by atoms with Crippen LogP contribution in [0.4, 0.5) is 5.69 Å². The van der Waals surface area contributed by atoms with Crippen molar-refractivity contribution in [1.29, 1.82) is 0 Å². The average molecular weight is 303 g/mol. The first-order valence-corrected chi connectivity index (χ1v) is 7.28. The molecule has 0 aromatic heterocycles. The minimum absolute atomic E-state index is 0.0483. The summed E-state index contributed by atoms with van der Waals surface area (Å²) in [4.78, 5) is 12.1. The molecule has 0 unspecified atom stereocenters. The molecule has 1 amide bonds. The second-order valence-electron chi connectivity index (χ2n) is 5.08. The van der Waals surface area contributed by atoms with E-state index in [0.29, 0.717) is 11.6 Å². The predicted octanol–water partition coefficient (Wildman–Crippen LogP) is 3.77. The average Bonchev–Trinajstić information content (AvgIpc) is 2.48. The number of nitrogens with one attached hydrogen (secondary N) is 2. The molecule has 0 radical (unpaired) electrons. The van der Waals surface area contributed by atoms with Crippen molar-refractivity contribution in [3.05, 3.63) is 64.7 Å². The molecule has 0 aliphatic heterocycles. The summed E-state index contributed by atoms with van der Waals surface area (Å²) in [6.07, 6.45) is 0. The molecular formula is C17H19ClN2O. The Morgan fingerprint density at radius 1 is 1.10 bits per heavy atom. The summed E-state index contributed by atoms with van der Waals surface area (Å²) in [5.74, 6) is -0.0483. The number of benzene rings is 2. The highest BCUT2D eigenvalue weighted by atomic mass is 35.5. The fraction of sp³-hybridized carbons (Fsp3) is 0.235. The normalized spacial score (nSPS) is 12.0. The molecule has 3 nitrogen and oxygen atoms in total. The van der Waals surface area contributed by atoms with E-state index in [1.807, 2.05) is 62.4 Å². The SMILES string of the molecule is Cc1ccc(NC(=O)[C@H](C)NCc2ccc(Cl)cc2)cc1. The van der Waals surface area contributed by atoms with Gasteiger partial charge in [-0.1, -0.05) is 41.4 Å². The molecule has 0 heterocycles. The first kappa shape index (κ1) is 15.5. The number of carbonyl (C=O) groups is 1. The van der Waals surface area contributed by atoms with Crippen LogP contribution in [-0.4, -0.2) is 11.9 Å². The van der Waals surface area contributed by atoms with Gasteiger partial charge >= 0.3 is 0 Å². The molecule has 2 rings (SSSR count). The zero-order chi connectivity index (χ0) is 15.2. The second-order valence-corrected chi connectivity index (χ2v) is 5.52. The van der Waals surface area contributed by atoms with Crippen molar-refractivity contribution in [2.45, 2.75) is 26.4 Å². The van der Waals surface area contributed by atoms with Gasteiger partial charge in [-0.3, -0.25) is 4.79 Å². The van der Waals surface area contributed by atoms with Crippen LogP contribution in [-0.2, 0) is 11.3 Å². The van der Waals surface area contributed by atoms with Gasteiger partial charge in [-0.05, 0) is 43.7 Å². The number of rotatable bonds is 5. The van der Waals surface area contributed by atoms with Crippen molar-refractivity contribution in [3.63, 3.8) is 0 Å². The lowest BCUT2D eigenvalue weighted by atomic mass is 10.2. The summed E-state index contributed by atoms with van der Waals surface area (Å²) in [7, 11) is 0. The molecule has 1 atom stereocenters. The Balaban J connectivity index is 1.84. The molecule has 0 aliphatic carbocycles. The molecule has 0 saturated heterocycles. The van der Waals surface area contributed by atoms with Crippen molar-refractivity contribution < 1.29 is 4.79 Å². The minimum Gasteiger partial charge on any atom is -0.325 e. The third kappa shape index (κ3) is 4.88. The third-order valence-electron chi connectivity index (χ3n) is 3.24. The molecule has 0 bridgehead atoms. The quantitative estimate of drug-likeness (QED) is 0.883. The van der Waals surface area contributed by atoms with Crippen LogP contribution in [0.5, 0.6) is 0 Å². The fourth-order valence-corrected chi connectivity index (χ4v) is 1.98. The number of anilines is 1. The summed E-state index contributed by atoms with van der Waals surface area (Å²) in [6.45, 7) is 4.49. The van der Waals surface area contributed by atoms with Gasteiger partial charge < -0.3 is 10.6 Å². The maximum atomic E-state index is 12.1. The Morgan fingerprint density at radius 3 is 2.33 bits per heavy atom. The van der Waals surface area contributed by atoms with E-state index in [1.165, 1.54) is 5.56 Å². The molecule has 2 aromatic carbocycles. The summed E-state index contributed by atoms with van der Waals surface area (Å²) < 4.78 is 0. The lowest BCUT2D eigenvalue weighted by molar-refractivity contribution is -0.117. The van der Waals surface area contributed by atoms with Crippen molar-refractivity contribution in [3.8, 4) is 0 Å². The van der Waals surface area contributed by atoms with Gasteiger partial charge in [-0.15, -0.1) is 0 Å². The lowest BCUT2D eigenvalue weighted by Gasteiger charge is -2.14. The van der Waals surface area contributed by atoms with Gasteiger partial charge in [0.15, 0.2) is 0 Å². The molecule has 4 heteroatoms. The van der Waals surface area contributed by atoms with Crippen LogP contribution in [0.25, 0.3) is 0 Å². The maximum Gasteiger partial charge on any atom is 0.241 e. The third-order valence-corrected chi connectivity index (χ3v) is 3.49. The largest absolute Gasteiger partial charge is 0.325 e. The van der Waals surface area contributed by atoms with Crippen molar-refractivity contribution in [2.75, 3.05) is 5.32 Å². The fourth-order valence-electron chi connectivity index (χ4n) is 1.85. The molecule has 2 aromatic rings. The summed E-state index contributed by atoms with van der Waals surface area (Å²) >= 11 is 5.84. The highest BCUT2D eigenvalue weighted by Gasteiger charge is 2.12. The molecule has 0 spiro atoms. The van der Waals surface area contributed by atoms with E-state index in [-0.39, 0.29) is 11.9 Å². The van der Waals surface area contributed by atoms with Crippen LogP contribution in [0, 0.1) is 6.92 Å². The van der Waals surface area contributed by atoms with Crippen LogP contribution < -0.4 is 10.6 Å². The van der Waals surface area contributed by atoms with Crippen LogP contribution in [0.3, 0.4) is 0 Å². The van der Waals surface area contributed by atoms with E-state index in [9.17, 15) is 4.79 Å². The van der Waals surface area contributed by atoms with Gasteiger partial charge in [0.25, 0.3) is 0 Å². The van der Waals surface area contributed by atoms with E-state index in [2.05, 4.69) is 10.6 Å². The Morgan fingerprint density at radius 2 is 1.71 bits per heavy atom. The minimum atomic E-state index is -0.276. The highest BCUT2D eigenvalue weighted by Crippen LogP contribution is 2.10. The first-order valence-electron chi connectivity index (χ1n) is 6.90. The van der Waals surface area contributed by atoms with Gasteiger partial charge in [0, 0.05) is 17.3 Å². The zero-order valence-electron chi connectivity index (χ0n) is 12.2. The standard InChI is InChI=1S/C17H19ClN2O/c1-12-3-9-16(10-4-12)20-17(21)13(2)19-11-14-5-7-15(18)8-6-14/h3-10,13,19H,11H2,1-2H3,(H,20,21)/t13-/m0/s1. The number of hydrogen-bond donors (Lipinski definition) is 2. The van der Waals surface area contributed by atoms with Crippen LogP contribution in [0.2, 0.25) is 5.02 Å². The molecule has 0 fully saturated rings. The number of halogens is 1. The molecule has 21 heavy (non-hydrogen) atoms. The van der Waals surface area contributed by atoms with E-state index in [1.54, 1.807) is 0 Å². The van der Waals surface area contributed by atoms with Crippen molar-refractivity contribution >= 4 is 23.2 Å². The van der Waals surface area contributed by atoms with Crippen molar-refractivity contribution in [2.24, 2.45) is 0 Å². The molecular weight excluding hydrogens is 284 g/mol.